The van der Waals surface area contributed by atoms with Gasteiger partial charge in [-0.1, -0.05) is 36.4 Å². The maximum Gasteiger partial charge on any atom is 0.311 e. The number of para-hydroxylation sites is 2. The average Bonchev–Trinajstić information content (AvgIpc) is 2.89. The van der Waals surface area contributed by atoms with E-state index in [0.29, 0.717) is 28.4 Å². The molecule has 1 atom stereocenters. The van der Waals surface area contributed by atoms with Gasteiger partial charge in [-0.05, 0) is 48.9 Å². The second-order valence-electron chi connectivity index (χ2n) is 7.58. The first-order valence-corrected chi connectivity index (χ1v) is 10.8. The van der Waals surface area contributed by atoms with Crippen LogP contribution in [0.25, 0.3) is 0 Å². The van der Waals surface area contributed by atoms with Crippen molar-refractivity contribution in [2.45, 2.75) is 12.3 Å². The summed E-state index contributed by atoms with van der Waals surface area (Å²) in [5.74, 6) is -0.229. The summed E-state index contributed by atoms with van der Waals surface area (Å²) >= 11 is 0. The van der Waals surface area contributed by atoms with Gasteiger partial charge in [0.15, 0.2) is 0 Å². The molecule has 172 valence electrons. The Balaban J connectivity index is 1.82. The van der Waals surface area contributed by atoms with Crippen molar-refractivity contribution in [3.63, 3.8) is 0 Å². The second-order valence-corrected chi connectivity index (χ2v) is 7.58. The van der Waals surface area contributed by atoms with E-state index in [1.165, 1.54) is 13.4 Å². The Bertz CT molecular complexity index is 1210. The minimum Gasteiger partial charge on any atom is -0.497 e. The largest absolute Gasteiger partial charge is 0.497 e. The third kappa shape index (κ3) is 4.83. The molecule has 4 aromatic rings. The van der Waals surface area contributed by atoms with E-state index in [1.807, 2.05) is 65.6 Å². The summed E-state index contributed by atoms with van der Waals surface area (Å²) in [4.78, 5) is 23.2. The maximum atomic E-state index is 12.4. The van der Waals surface area contributed by atoms with Crippen LogP contribution in [0.4, 0.5) is 17.2 Å². The van der Waals surface area contributed by atoms with Gasteiger partial charge in [-0.3, -0.25) is 9.69 Å². The van der Waals surface area contributed by atoms with Gasteiger partial charge in [0, 0.05) is 28.7 Å². The average molecular weight is 456 g/mol. The van der Waals surface area contributed by atoms with Gasteiger partial charge < -0.3 is 14.6 Å². The predicted molar refractivity (Wildman–Crippen MR) is 130 cm³/mol. The van der Waals surface area contributed by atoms with Crippen LogP contribution < -0.4 is 14.4 Å². The molecule has 0 radical (unpaired) electrons. The number of aliphatic carboxylic acids is 1. The number of aromatic nitrogens is 2. The molecule has 0 saturated carbocycles. The van der Waals surface area contributed by atoms with E-state index in [-0.39, 0.29) is 6.42 Å². The van der Waals surface area contributed by atoms with E-state index < -0.39 is 11.9 Å². The fourth-order valence-corrected chi connectivity index (χ4v) is 3.91. The molecule has 0 amide bonds. The van der Waals surface area contributed by atoms with Gasteiger partial charge in [-0.2, -0.15) is 0 Å². The van der Waals surface area contributed by atoms with E-state index in [2.05, 4.69) is 9.97 Å². The number of hydrogen-bond donors (Lipinski definition) is 1. The highest BCUT2D eigenvalue weighted by molar-refractivity contribution is 5.80. The van der Waals surface area contributed by atoms with Gasteiger partial charge >= 0.3 is 5.97 Å². The van der Waals surface area contributed by atoms with Crippen LogP contribution in [0.2, 0.25) is 0 Å². The van der Waals surface area contributed by atoms with Crippen molar-refractivity contribution in [2.24, 2.45) is 0 Å². The molecule has 3 aromatic carbocycles. The van der Waals surface area contributed by atoms with Crippen LogP contribution in [0.3, 0.4) is 0 Å². The summed E-state index contributed by atoms with van der Waals surface area (Å²) in [6.45, 7) is 0. The Labute approximate surface area is 198 Å². The van der Waals surface area contributed by atoms with Crippen LogP contribution in [-0.2, 0) is 11.2 Å². The summed E-state index contributed by atoms with van der Waals surface area (Å²) < 4.78 is 10.8. The van der Waals surface area contributed by atoms with Gasteiger partial charge in [0.2, 0.25) is 0 Å². The van der Waals surface area contributed by atoms with Gasteiger partial charge in [0.1, 0.15) is 23.6 Å². The summed E-state index contributed by atoms with van der Waals surface area (Å²) in [6, 6.07) is 24.8. The summed E-state index contributed by atoms with van der Waals surface area (Å²) in [6.07, 6.45) is 3.30. The van der Waals surface area contributed by atoms with Crippen molar-refractivity contribution in [2.75, 3.05) is 19.1 Å². The molecule has 34 heavy (non-hydrogen) atoms. The number of carbonyl (C=O) groups is 1. The Morgan fingerprint density at radius 3 is 2.15 bits per heavy atom. The third-order valence-corrected chi connectivity index (χ3v) is 5.54. The highest BCUT2D eigenvalue weighted by atomic mass is 16.5. The molecule has 0 aliphatic carbocycles. The van der Waals surface area contributed by atoms with Gasteiger partial charge in [-0.15, -0.1) is 0 Å². The van der Waals surface area contributed by atoms with Gasteiger partial charge in [-0.25, -0.2) is 9.97 Å². The number of carboxylic acids is 1. The van der Waals surface area contributed by atoms with Crippen molar-refractivity contribution >= 4 is 23.2 Å². The minimum atomic E-state index is -0.979. The molecule has 0 spiro atoms. The minimum absolute atomic E-state index is 0.158. The Morgan fingerprint density at radius 1 is 0.941 bits per heavy atom. The van der Waals surface area contributed by atoms with Crippen molar-refractivity contribution in [1.82, 2.24) is 9.97 Å². The van der Waals surface area contributed by atoms with Crippen molar-refractivity contribution in [3.8, 4) is 11.5 Å². The smallest absolute Gasteiger partial charge is 0.311 e. The highest BCUT2D eigenvalue weighted by Crippen LogP contribution is 2.38. The summed E-state index contributed by atoms with van der Waals surface area (Å²) in [5, 5.41) is 10.2. The van der Waals surface area contributed by atoms with Gasteiger partial charge in [0.05, 0.1) is 20.1 Å². The number of nitrogens with zero attached hydrogens (tertiary/aromatic N) is 3. The quantitative estimate of drug-likeness (QED) is 0.363. The lowest BCUT2D eigenvalue weighted by Gasteiger charge is -2.27. The molecular formula is C27H25N3O4. The monoisotopic (exact) mass is 455 g/mol. The number of carboxylic acid groups (broad SMARTS) is 1. The first-order valence-electron chi connectivity index (χ1n) is 10.8. The lowest BCUT2D eigenvalue weighted by Crippen LogP contribution is -2.19. The van der Waals surface area contributed by atoms with Crippen molar-refractivity contribution < 1.29 is 19.4 Å². The fraction of sp³-hybridized carbons (Fsp3) is 0.148. The van der Waals surface area contributed by atoms with E-state index >= 15 is 0 Å². The number of rotatable bonds is 9. The van der Waals surface area contributed by atoms with Crippen LogP contribution in [0.5, 0.6) is 11.5 Å². The molecule has 4 rings (SSSR count). The number of benzene rings is 3. The zero-order valence-corrected chi connectivity index (χ0v) is 19.0. The Morgan fingerprint density at radius 2 is 1.59 bits per heavy atom. The number of hydrogen-bond acceptors (Lipinski definition) is 6. The maximum absolute atomic E-state index is 12.4. The second kappa shape index (κ2) is 10.5. The van der Waals surface area contributed by atoms with Crippen molar-refractivity contribution in [3.05, 3.63) is 103 Å². The normalized spacial score (nSPS) is 11.5. The molecule has 0 bridgehead atoms. The SMILES string of the molecule is COc1ccc(OC)c(C(Cc2cncnc2N(c2ccccc2)c2ccccc2)C(=O)O)c1. The summed E-state index contributed by atoms with van der Waals surface area (Å²) in [7, 11) is 3.07. The molecule has 7 heteroatoms. The zero-order valence-electron chi connectivity index (χ0n) is 19.0. The van der Waals surface area contributed by atoms with E-state index in [4.69, 9.17) is 9.47 Å². The topological polar surface area (TPSA) is 84.8 Å². The first-order chi connectivity index (χ1) is 16.6. The first kappa shape index (κ1) is 22.8. The fourth-order valence-electron chi connectivity index (χ4n) is 3.91. The highest BCUT2D eigenvalue weighted by Gasteiger charge is 2.28. The van der Waals surface area contributed by atoms with Crippen LogP contribution in [-0.4, -0.2) is 35.3 Å². The molecule has 0 aliphatic rings. The molecule has 1 unspecified atom stereocenters. The molecular weight excluding hydrogens is 430 g/mol. The molecule has 1 heterocycles. The summed E-state index contributed by atoms with van der Waals surface area (Å²) in [5.41, 5.74) is 3.02. The molecule has 1 N–H and O–H groups in total. The zero-order chi connectivity index (χ0) is 23.9. The standard InChI is InChI=1S/C27H25N3O4/c1-33-22-13-14-25(34-2)23(16-22)24(27(31)32)15-19-17-28-18-29-26(19)30(20-9-5-3-6-10-20)21-11-7-4-8-12-21/h3-14,16-18,24H,15H2,1-2H3,(H,31,32). The van der Waals surface area contributed by atoms with Crippen LogP contribution in [0.1, 0.15) is 17.0 Å². The van der Waals surface area contributed by atoms with E-state index in [9.17, 15) is 9.90 Å². The predicted octanol–water partition coefficient (Wildman–Crippen LogP) is 5.37. The molecule has 0 aliphatic heterocycles. The van der Waals surface area contributed by atoms with Crippen LogP contribution in [0.15, 0.2) is 91.4 Å². The third-order valence-electron chi connectivity index (χ3n) is 5.54. The Hall–Kier alpha value is -4.39. The molecule has 7 nitrogen and oxygen atoms in total. The number of ether oxygens (including phenoxy) is 2. The number of methoxy groups -OCH3 is 2. The van der Waals surface area contributed by atoms with Gasteiger partial charge in [0.25, 0.3) is 0 Å². The molecule has 1 aromatic heterocycles. The Kier molecular flexibility index (Phi) is 7.03. The van der Waals surface area contributed by atoms with Crippen LogP contribution in [0, 0.1) is 0 Å². The molecule has 0 fully saturated rings. The number of anilines is 3. The molecule has 0 saturated heterocycles. The van der Waals surface area contributed by atoms with Crippen LogP contribution >= 0.6 is 0 Å². The lowest BCUT2D eigenvalue weighted by atomic mass is 9.91. The van der Waals surface area contributed by atoms with Crippen molar-refractivity contribution in [1.29, 1.82) is 0 Å². The van der Waals surface area contributed by atoms with E-state index in [1.54, 1.807) is 31.5 Å². The lowest BCUT2D eigenvalue weighted by molar-refractivity contribution is -0.138. The van der Waals surface area contributed by atoms with E-state index in [0.717, 1.165) is 11.4 Å².